The van der Waals surface area contributed by atoms with Gasteiger partial charge in [-0.25, -0.2) is 5.43 Å². The second kappa shape index (κ2) is 6.59. The van der Waals surface area contributed by atoms with Gasteiger partial charge < -0.3 is 9.47 Å². The molecule has 0 amide bonds. The van der Waals surface area contributed by atoms with Crippen molar-refractivity contribution in [2.24, 2.45) is 12.9 Å². The summed E-state index contributed by atoms with van der Waals surface area (Å²) in [5.41, 5.74) is 3.64. The summed E-state index contributed by atoms with van der Waals surface area (Å²) in [5, 5.41) is 4.10. The molecule has 1 atom stereocenters. The standard InChI is InChI=1S/C10H20N4O2/c1-4-15-10(16-5-2)9(13-11)8-6-12-14(3)7-8/h6-7,9-10,13H,4-5,11H2,1-3H3. The quantitative estimate of drug-likeness (QED) is 0.399. The highest BCUT2D eigenvalue weighted by Crippen LogP contribution is 2.18. The summed E-state index contributed by atoms with van der Waals surface area (Å²) in [7, 11) is 1.85. The Bertz CT molecular complexity index is 297. The van der Waals surface area contributed by atoms with Crippen LogP contribution in [0.15, 0.2) is 12.4 Å². The lowest BCUT2D eigenvalue weighted by Gasteiger charge is -2.25. The maximum atomic E-state index is 5.53. The van der Waals surface area contributed by atoms with Crippen LogP contribution in [-0.2, 0) is 16.5 Å². The molecule has 0 saturated carbocycles. The van der Waals surface area contributed by atoms with Gasteiger partial charge in [-0.3, -0.25) is 10.5 Å². The minimum atomic E-state index is -0.399. The fraction of sp³-hybridized carbons (Fsp3) is 0.700. The monoisotopic (exact) mass is 228 g/mol. The normalized spacial score (nSPS) is 13.3. The molecule has 0 fully saturated rings. The molecule has 3 N–H and O–H groups in total. The van der Waals surface area contributed by atoms with Crippen molar-refractivity contribution in [1.29, 1.82) is 0 Å². The number of nitrogens with zero attached hydrogens (tertiary/aromatic N) is 2. The molecule has 6 nitrogen and oxygen atoms in total. The number of nitrogens with one attached hydrogen (secondary N) is 1. The van der Waals surface area contributed by atoms with Gasteiger partial charge in [0.05, 0.1) is 12.2 Å². The molecule has 0 aliphatic heterocycles. The third kappa shape index (κ3) is 3.28. The summed E-state index contributed by atoms with van der Waals surface area (Å²) in [6.45, 7) is 4.98. The molecule has 1 aromatic heterocycles. The number of hydrogen-bond donors (Lipinski definition) is 2. The Morgan fingerprint density at radius 2 is 2.06 bits per heavy atom. The first-order valence-electron chi connectivity index (χ1n) is 5.40. The first kappa shape index (κ1) is 13.1. The van der Waals surface area contributed by atoms with Crippen LogP contribution in [0.25, 0.3) is 0 Å². The molecule has 0 radical (unpaired) electrons. The molecule has 6 heteroatoms. The molecule has 0 saturated heterocycles. The Kier molecular flexibility index (Phi) is 5.41. The van der Waals surface area contributed by atoms with Gasteiger partial charge in [0.25, 0.3) is 0 Å². The van der Waals surface area contributed by atoms with E-state index >= 15 is 0 Å². The van der Waals surface area contributed by atoms with Crippen molar-refractivity contribution in [3.05, 3.63) is 18.0 Å². The highest BCUT2D eigenvalue weighted by molar-refractivity contribution is 5.10. The Labute approximate surface area is 95.7 Å². The van der Waals surface area contributed by atoms with E-state index in [1.807, 2.05) is 27.1 Å². The van der Waals surface area contributed by atoms with Crippen LogP contribution in [0.1, 0.15) is 25.5 Å². The van der Waals surface area contributed by atoms with Gasteiger partial charge in [0.15, 0.2) is 6.29 Å². The second-order valence-corrected chi connectivity index (χ2v) is 3.37. The van der Waals surface area contributed by atoms with Gasteiger partial charge in [0.1, 0.15) is 0 Å². The molecule has 1 heterocycles. The summed E-state index contributed by atoms with van der Waals surface area (Å²) < 4.78 is 12.7. The molecule has 0 aromatic carbocycles. The predicted molar refractivity (Wildman–Crippen MR) is 60.3 cm³/mol. The molecule has 1 rings (SSSR count). The van der Waals surface area contributed by atoms with E-state index in [9.17, 15) is 0 Å². The number of hydrazine groups is 1. The molecule has 16 heavy (non-hydrogen) atoms. The number of aryl methyl sites for hydroxylation is 1. The predicted octanol–water partition coefficient (Wildman–Crippen LogP) is 0.324. The maximum Gasteiger partial charge on any atom is 0.178 e. The van der Waals surface area contributed by atoms with Gasteiger partial charge in [-0.15, -0.1) is 0 Å². The average molecular weight is 228 g/mol. The van der Waals surface area contributed by atoms with E-state index < -0.39 is 6.29 Å². The van der Waals surface area contributed by atoms with Gasteiger partial charge in [-0.1, -0.05) is 0 Å². The van der Waals surface area contributed by atoms with Crippen LogP contribution in [0.3, 0.4) is 0 Å². The van der Waals surface area contributed by atoms with Crippen molar-refractivity contribution in [3.63, 3.8) is 0 Å². The third-order valence-electron chi connectivity index (χ3n) is 2.20. The van der Waals surface area contributed by atoms with Crippen LogP contribution in [0.4, 0.5) is 0 Å². The molecule has 0 aliphatic rings. The zero-order valence-electron chi connectivity index (χ0n) is 10.0. The van der Waals surface area contributed by atoms with E-state index in [4.69, 9.17) is 15.3 Å². The number of hydrogen-bond acceptors (Lipinski definition) is 5. The summed E-state index contributed by atoms with van der Waals surface area (Å²) in [6.07, 6.45) is 3.23. The summed E-state index contributed by atoms with van der Waals surface area (Å²) >= 11 is 0. The van der Waals surface area contributed by atoms with E-state index in [2.05, 4.69) is 10.5 Å². The van der Waals surface area contributed by atoms with Crippen LogP contribution in [-0.4, -0.2) is 29.3 Å². The van der Waals surface area contributed by atoms with E-state index in [-0.39, 0.29) is 6.04 Å². The minimum absolute atomic E-state index is 0.214. The fourth-order valence-electron chi connectivity index (χ4n) is 1.50. The fourth-order valence-corrected chi connectivity index (χ4v) is 1.50. The van der Waals surface area contributed by atoms with Crippen LogP contribution in [0.5, 0.6) is 0 Å². The second-order valence-electron chi connectivity index (χ2n) is 3.37. The van der Waals surface area contributed by atoms with Gasteiger partial charge in [0, 0.05) is 32.0 Å². The van der Waals surface area contributed by atoms with Crippen molar-refractivity contribution in [1.82, 2.24) is 15.2 Å². The Hall–Kier alpha value is -0.950. The average Bonchev–Trinajstić information content (AvgIpc) is 2.67. The van der Waals surface area contributed by atoms with Crippen molar-refractivity contribution >= 4 is 0 Å². The molecule has 0 aliphatic carbocycles. The number of nitrogens with two attached hydrogens (primary N) is 1. The van der Waals surface area contributed by atoms with Crippen LogP contribution in [0, 0.1) is 0 Å². The summed E-state index contributed by atoms with van der Waals surface area (Å²) in [4.78, 5) is 0. The smallest absolute Gasteiger partial charge is 0.178 e. The van der Waals surface area contributed by atoms with Crippen molar-refractivity contribution in [3.8, 4) is 0 Å². The van der Waals surface area contributed by atoms with Crippen LogP contribution in [0.2, 0.25) is 0 Å². The molecule has 0 bridgehead atoms. The lowest BCUT2D eigenvalue weighted by atomic mass is 10.1. The zero-order chi connectivity index (χ0) is 12.0. The molecule has 1 aromatic rings. The van der Waals surface area contributed by atoms with Crippen molar-refractivity contribution in [2.75, 3.05) is 13.2 Å². The zero-order valence-corrected chi connectivity index (χ0v) is 10.0. The summed E-state index contributed by atoms with van der Waals surface area (Å²) in [6, 6.07) is -0.214. The maximum absolute atomic E-state index is 5.53. The largest absolute Gasteiger partial charge is 0.351 e. The van der Waals surface area contributed by atoms with Crippen molar-refractivity contribution in [2.45, 2.75) is 26.2 Å². The lowest BCUT2D eigenvalue weighted by molar-refractivity contribution is -0.155. The van der Waals surface area contributed by atoms with E-state index in [0.29, 0.717) is 13.2 Å². The van der Waals surface area contributed by atoms with Crippen LogP contribution < -0.4 is 11.3 Å². The topological polar surface area (TPSA) is 74.3 Å². The number of rotatable bonds is 7. The highest BCUT2D eigenvalue weighted by atomic mass is 16.7. The first-order chi connectivity index (χ1) is 7.72. The molecule has 92 valence electrons. The molecule has 0 spiro atoms. The summed E-state index contributed by atoms with van der Waals surface area (Å²) in [5.74, 6) is 5.53. The molecular weight excluding hydrogens is 208 g/mol. The lowest BCUT2D eigenvalue weighted by Crippen LogP contribution is -2.39. The molecule has 1 unspecified atom stereocenters. The van der Waals surface area contributed by atoms with Crippen molar-refractivity contribution < 1.29 is 9.47 Å². The molecular formula is C10H20N4O2. The van der Waals surface area contributed by atoms with Gasteiger partial charge in [-0.05, 0) is 13.8 Å². The number of ether oxygens (including phenoxy) is 2. The Morgan fingerprint density at radius 3 is 2.44 bits per heavy atom. The first-order valence-corrected chi connectivity index (χ1v) is 5.40. The Morgan fingerprint density at radius 1 is 1.44 bits per heavy atom. The Balaban J connectivity index is 2.76. The van der Waals surface area contributed by atoms with Crippen LogP contribution >= 0.6 is 0 Å². The number of aromatic nitrogens is 2. The third-order valence-corrected chi connectivity index (χ3v) is 2.20. The minimum Gasteiger partial charge on any atom is -0.351 e. The van der Waals surface area contributed by atoms with E-state index in [1.54, 1.807) is 10.9 Å². The van der Waals surface area contributed by atoms with Gasteiger partial charge >= 0.3 is 0 Å². The highest BCUT2D eigenvalue weighted by Gasteiger charge is 2.24. The van der Waals surface area contributed by atoms with Gasteiger partial charge in [-0.2, -0.15) is 5.10 Å². The van der Waals surface area contributed by atoms with E-state index in [0.717, 1.165) is 5.56 Å². The van der Waals surface area contributed by atoms with E-state index in [1.165, 1.54) is 0 Å². The SMILES string of the molecule is CCOC(OCC)C(NN)c1cnn(C)c1. The van der Waals surface area contributed by atoms with Gasteiger partial charge in [0.2, 0.25) is 0 Å².